The van der Waals surface area contributed by atoms with E-state index in [1.807, 2.05) is 6.07 Å². The summed E-state index contributed by atoms with van der Waals surface area (Å²) in [6, 6.07) is 1.92. The van der Waals surface area contributed by atoms with Gasteiger partial charge in [0.05, 0.1) is 6.04 Å². The van der Waals surface area contributed by atoms with E-state index in [-0.39, 0.29) is 17.4 Å². The van der Waals surface area contributed by atoms with E-state index in [0.717, 1.165) is 37.0 Å². The Kier molecular flexibility index (Phi) is 5.27. The molecule has 0 saturated carbocycles. The molecule has 0 radical (unpaired) electrons. The van der Waals surface area contributed by atoms with Crippen LogP contribution in [-0.2, 0) is 4.79 Å². The first-order chi connectivity index (χ1) is 11.9. The van der Waals surface area contributed by atoms with Crippen LogP contribution in [0.4, 0.5) is 0 Å². The molecule has 3 rings (SSSR count). The molecule has 0 bridgehead atoms. The lowest BCUT2D eigenvalue weighted by Gasteiger charge is -2.32. The molecule has 6 nitrogen and oxygen atoms in total. The largest absolute Gasteiger partial charge is 0.349 e. The van der Waals surface area contributed by atoms with Crippen molar-refractivity contribution in [2.75, 3.05) is 13.1 Å². The molecule has 134 valence electrons. The van der Waals surface area contributed by atoms with Crippen LogP contribution < -0.4 is 10.6 Å². The van der Waals surface area contributed by atoms with E-state index in [2.05, 4.69) is 46.4 Å². The van der Waals surface area contributed by atoms with Crippen LogP contribution >= 0.6 is 0 Å². The van der Waals surface area contributed by atoms with E-state index in [1.54, 1.807) is 18.6 Å². The van der Waals surface area contributed by atoms with Crippen LogP contribution in [0.1, 0.15) is 51.6 Å². The van der Waals surface area contributed by atoms with Crippen LogP contribution in [0.25, 0.3) is 11.2 Å². The van der Waals surface area contributed by atoms with Gasteiger partial charge in [-0.3, -0.25) is 9.78 Å². The van der Waals surface area contributed by atoms with E-state index >= 15 is 0 Å². The molecule has 0 aliphatic carbocycles. The maximum absolute atomic E-state index is 12.6. The predicted molar refractivity (Wildman–Crippen MR) is 97.9 cm³/mol. The number of carbonyl (C=O) groups excluding carboxylic acids is 1. The highest BCUT2D eigenvalue weighted by Gasteiger charge is 2.29. The van der Waals surface area contributed by atoms with Crippen LogP contribution in [0.15, 0.2) is 24.7 Å². The number of hydrogen-bond acceptors (Lipinski definition) is 5. The standard InChI is InChI=1S/C19H27N5O/c1-19(2,3)12-15(25)24-16(13-4-7-20-8-5-13)14-6-9-22-18-17(14)21-10-11-23-18/h6,9-11,13,16,20H,4-5,7-8,12H2,1-3H3,(H,24,25). The molecule has 1 amide bonds. The van der Waals surface area contributed by atoms with Crippen molar-refractivity contribution in [3.8, 4) is 0 Å². The normalized spacial score (nSPS) is 17.4. The lowest BCUT2D eigenvalue weighted by Crippen LogP contribution is -2.40. The molecule has 2 aromatic heterocycles. The molecule has 0 aromatic carbocycles. The first kappa shape index (κ1) is 17.7. The van der Waals surface area contributed by atoms with Gasteiger partial charge in [-0.05, 0) is 43.3 Å². The fourth-order valence-electron chi connectivity index (χ4n) is 3.48. The van der Waals surface area contributed by atoms with Gasteiger partial charge in [-0.25, -0.2) is 9.97 Å². The van der Waals surface area contributed by atoms with Gasteiger partial charge in [-0.2, -0.15) is 0 Å². The van der Waals surface area contributed by atoms with Crippen molar-refractivity contribution in [3.05, 3.63) is 30.2 Å². The molecule has 1 aliphatic heterocycles. The number of hydrogen-bond donors (Lipinski definition) is 2. The van der Waals surface area contributed by atoms with Gasteiger partial charge < -0.3 is 10.6 Å². The second-order valence-electron chi connectivity index (χ2n) is 8.00. The minimum atomic E-state index is -0.0563. The average molecular weight is 341 g/mol. The van der Waals surface area contributed by atoms with Crippen LogP contribution in [0.3, 0.4) is 0 Å². The van der Waals surface area contributed by atoms with Gasteiger partial charge in [0.1, 0.15) is 5.52 Å². The summed E-state index contributed by atoms with van der Waals surface area (Å²) in [5, 5.41) is 6.69. The monoisotopic (exact) mass is 341 g/mol. The van der Waals surface area contributed by atoms with E-state index in [0.29, 0.717) is 18.0 Å². The molecule has 1 fully saturated rings. The third-order valence-corrected chi connectivity index (χ3v) is 4.60. The minimum Gasteiger partial charge on any atom is -0.349 e. The van der Waals surface area contributed by atoms with E-state index in [4.69, 9.17) is 0 Å². The maximum Gasteiger partial charge on any atom is 0.221 e. The number of aromatic nitrogens is 3. The summed E-state index contributed by atoms with van der Waals surface area (Å²) in [5.41, 5.74) is 2.39. The molecule has 1 atom stereocenters. The SMILES string of the molecule is CC(C)(C)CC(=O)NC(c1ccnc2nccnc12)C1CCNCC1. The van der Waals surface area contributed by atoms with Crippen LogP contribution in [0.2, 0.25) is 0 Å². The Labute approximate surface area is 148 Å². The number of amides is 1. The second kappa shape index (κ2) is 7.44. The lowest BCUT2D eigenvalue weighted by molar-refractivity contribution is -0.124. The molecule has 6 heteroatoms. The van der Waals surface area contributed by atoms with Crippen molar-refractivity contribution in [1.82, 2.24) is 25.6 Å². The summed E-state index contributed by atoms with van der Waals surface area (Å²) in [6.07, 6.45) is 7.66. The summed E-state index contributed by atoms with van der Waals surface area (Å²) < 4.78 is 0. The van der Waals surface area contributed by atoms with Crippen molar-refractivity contribution >= 4 is 17.1 Å². The molecule has 1 unspecified atom stereocenters. The molecule has 2 aromatic rings. The zero-order valence-electron chi connectivity index (χ0n) is 15.2. The maximum atomic E-state index is 12.6. The number of rotatable bonds is 4. The number of pyridine rings is 1. The van der Waals surface area contributed by atoms with Crippen molar-refractivity contribution in [2.24, 2.45) is 11.3 Å². The number of nitrogens with one attached hydrogen (secondary N) is 2. The van der Waals surface area contributed by atoms with Gasteiger partial charge in [0.15, 0.2) is 5.65 Å². The van der Waals surface area contributed by atoms with Gasteiger partial charge in [0.25, 0.3) is 0 Å². The first-order valence-electron chi connectivity index (χ1n) is 9.00. The summed E-state index contributed by atoms with van der Waals surface area (Å²) >= 11 is 0. The topological polar surface area (TPSA) is 79.8 Å². The Morgan fingerprint density at radius 1 is 1.20 bits per heavy atom. The van der Waals surface area contributed by atoms with E-state index in [1.165, 1.54) is 0 Å². The molecule has 25 heavy (non-hydrogen) atoms. The minimum absolute atomic E-state index is 0.0388. The van der Waals surface area contributed by atoms with Gasteiger partial charge in [0, 0.05) is 30.6 Å². The van der Waals surface area contributed by atoms with Gasteiger partial charge in [-0.15, -0.1) is 0 Å². The summed E-state index contributed by atoms with van der Waals surface area (Å²) in [5.74, 6) is 0.475. The molecule has 0 spiro atoms. The highest BCUT2D eigenvalue weighted by atomic mass is 16.1. The lowest BCUT2D eigenvalue weighted by atomic mass is 9.85. The smallest absolute Gasteiger partial charge is 0.221 e. The fraction of sp³-hybridized carbons (Fsp3) is 0.579. The Morgan fingerprint density at radius 3 is 2.60 bits per heavy atom. The summed E-state index contributed by atoms with van der Waals surface area (Å²) in [4.78, 5) is 25.7. The zero-order chi connectivity index (χ0) is 17.9. The molecular weight excluding hydrogens is 314 g/mol. The third-order valence-electron chi connectivity index (χ3n) is 4.60. The van der Waals surface area contributed by atoms with Crippen LogP contribution in [0, 0.1) is 11.3 Å². The molecular formula is C19H27N5O. The quantitative estimate of drug-likeness (QED) is 0.893. The Balaban J connectivity index is 1.94. The number of fused-ring (bicyclic) bond motifs is 1. The predicted octanol–water partition coefficient (Wildman–Crippen LogP) is 2.62. The van der Waals surface area contributed by atoms with E-state index < -0.39 is 0 Å². The molecule has 2 N–H and O–H groups in total. The number of carbonyl (C=O) groups is 1. The first-order valence-corrected chi connectivity index (χ1v) is 9.00. The number of piperidine rings is 1. The van der Waals surface area contributed by atoms with Gasteiger partial charge in [0.2, 0.25) is 5.91 Å². The highest BCUT2D eigenvalue weighted by Crippen LogP contribution is 2.32. The molecule has 1 saturated heterocycles. The second-order valence-corrected chi connectivity index (χ2v) is 8.00. The Morgan fingerprint density at radius 2 is 1.88 bits per heavy atom. The van der Waals surface area contributed by atoms with Gasteiger partial charge >= 0.3 is 0 Å². The van der Waals surface area contributed by atoms with E-state index in [9.17, 15) is 4.79 Å². The molecule has 3 heterocycles. The summed E-state index contributed by atoms with van der Waals surface area (Å²) in [6.45, 7) is 8.20. The fourth-order valence-corrected chi connectivity index (χ4v) is 3.48. The van der Waals surface area contributed by atoms with Crippen molar-refractivity contribution in [2.45, 2.75) is 46.1 Å². The van der Waals surface area contributed by atoms with Gasteiger partial charge in [-0.1, -0.05) is 20.8 Å². The van der Waals surface area contributed by atoms with Crippen molar-refractivity contribution in [3.63, 3.8) is 0 Å². The number of nitrogens with zero attached hydrogens (tertiary/aromatic N) is 3. The highest BCUT2D eigenvalue weighted by molar-refractivity contribution is 5.79. The van der Waals surface area contributed by atoms with Crippen molar-refractivity contribution in [1.29, 1.82) is 0 Å². The van der Waals surface area contributed by atoms with Crippen LogP contribution in [0.5, 0.6) is 0 Å². The van der Waals surface area contributed by atoms with Crippen molar-refractivity contribution < 1.29 is 4.79 Å². The van der Waals surface area contributed by atoms with Crippen LogP contribution in [-0.4, -0.2) is 33.9 Å². The Bertz CT molecular complexity index is 729. The zero-order valence-corrected chi connectivity index (χ0v) is 15.2. The molecule has 1 aliphatic rings. The third kappa shape index (κ3) is 4.51. The Hall–Kier alpha value is -2.08. The average Bonchev–Trinajstić information content (AvgIpc) is 2.58. The summed E-state index contributed by atoms with van der Waals surface area (Å²) in [7, 11) is 0.